The van der Waals surface area contributed by atoms with Gasteiger partial charge in [0, 0.05) is 41.0 Å². The smallest absolute Gasteiger partial charge is 0.490 e. The van der Waals surface area contributed by atoms with Gasteiger partial charge in [0.15, 0.2) is 6.23 Å². The van der Waals surface area contributed by atoms with Crippen molar-refractivity contribution in [3.05, 3.63) is 73.0 Å². The van der Waals surface area contributed by atoms with Gasteiger partial charge in [-0.1, -0.05) is 28.1 Å². The molecule has 2 amide bonds. The molecular weight excluding hydrogens is 923 g/mol. The Morgan fingerprint density at radius 3 is 2.58 bits per heavy atom. The highest BCUT2D eigenvalue weighted by atomic mass is 31.3. The molecule has 2 heterocycles. The van der Waals surface area contributed by atoms with Crippen molar-refractivity contribution in [1.82, 2.24) is 20.2 Å². The Balaban J connectivity index is 1.49. The molecule has 0 spiro atoms. The summed E-state index contributed by atoms with van der Waals surface area (Å²) in [5, 5.41) is 11.9. The minimum Gasteiger partial charge on any atom is -0.491 e. The highest BCUT2D eigenvalue weighted by Gasteiger charge is 2.43. The number of anilines is 1. The van der Waals surface area contributed by atoms with Gasteiger partial charge < -0.3 is 64.4 Å². The predicted octanol–water partition coefficient (Wildman–Crippen LogP) is 1.42. The van der Waals surface area contributed by atoms with Gasteiger partial charge in [-0.3, -0.25) is 18.7 Å². The van der Waals surface area contributed by atoms with Crippen molar-refractivity contribution < 1.29 is 84.5 Å². The van der Waals surface area contributed by atoms with Crippen LogP contribution in [0.25, 0.3) is 20.9 Å². The van der Waals surface area contributed by atoms with Crippen LogP contribution < -0.4 is 26.8 Å². The molecule has 0 aliphatic carbocycles. The summed E-state index contributed by atoms with van der Waals surface area (Å²) in [7, 11) is -17.1. The average molecular weight is 966 g/mol. The van der Waals surface area contributed by atoms with Gasteiger partial charge in [0.1, 0.15) is 49.6 Å². The van der Waals surface area contributed by atoms with Crippen molar-refractivity contribution >= 4 is 46.9 Å². The molecule has 0 saturated carbocycles. The number of nitrogen functional groups attached to an aromatic ring is 1. The van der Waals surface area contributed by atoms with Gasteiger partial charge in [0.25, 0.3) is 5.91 Å². The predicted molar refractivity (Wildman–Crippen MR) is 214 cm³/mol. The fraction of sp³-hybridized carbons (Fsp3) is 0.516. The molecule has 5 unspecified atom stereocenters. The normalized spacial score (nSPS) is 18.1. The van der Waals surface area contributed by atoms with Gasteiger partial charge >= 0.3 is 29.2 Å². The van der Waals surface area contributed by atoms with E-state index in [9.17, 15) is 42.7 Å². The van der Waals surface area contributed by atoms with Crippen molar-refractivity contribution in [1.29, 1.82) is 0 Å². The standard InChI is InChI=1S/C31H42N11O19P3/c1-20(43)5-3-10-36-30(45)21-6-2-8-23(13-21)56-18-27(39-41-34)55-12-11-54-17-26(44)35-9-4-7-22-15-42(31(46)38-29(22)32)28-14-24(57-19-37-40-33)25(59-28)16-58-63(50,51)61-64(52,53)60-62(47,48)49/h2,6,8,13,15,24-25,27-28H,3,5,9-12,14,16-19H2,1H3,(H,35,44)(H,36,45)(H,50,51)(H,52,53)(H2,32,38,46)(H2,47,48,49)/t24-,25?,27?,28?/m0/s1. The Bertz CT molecular complexity index is 2330. The Hall–Kier alpha value is -5.26. The number of phosphoric ester groups is 1. The summed E-state index contributed by atoms with van der Waals surface area (Å²) < 4.78 is 75.2. The molecule has 0 bridgehead atoms. The number of ketones is 1. The summed E-state index contributed by atoms with van der Waals surface area (Å²) in [5.41, 5.74) is 22.7. The lowest BCUT2D eigenvalue weighted by molar-refractivity contribution is -0.126. The van der Waals surface area contributed by atoms with Crippen molar-refractivity contribution in [3.63, 3.8) is 0 Å². The van der Waals surface area contributed by atoms with E-state index in [-0.39, 0.29) is 55.9 Å². The third-order valence-corrected chi connectivity index (χ3v) is 11.5. The maximum atomic E-state index is 12.8. The largest absolute Gasteiger partial charge is 0.491 e. The van der Waals surface area contributed by atoms with Crippen LogP contribution in [-0.4, -0.2) is 118 Å². The highest BCUT2D eigenvalue weighted by Crippen LogP contribution is 2.66. The van der Waals surface area contributed by atoms with Crippen LogP contribution in [-0.2, 0) is 55.4 Å². The van der Waals surface area contributed by atoms with Crippen LogP contribution in [0.4, 0.5) is 5.82 Å². The van der Waals surface area contributed by atoms with Crippen LogP contribution >= 0.6 is 23.5 Å². The second-order valence-corrected chi connectivity index (χ2v) is 17.0. The first kappa shape index (κ1) is 53.1. The fourth-order valence-electron chi connectivity index (χ4n) is 5.06. The molecule has 1 aromatic heterocycles. The number of amides is 2. The molecule has 1 saturated heterocycles. The zero-order valence-corrected chi connectivity index (χ0v) is 36.1. The van der Waals surface area contributed by atoms with Gasteiger partial charge in [-0.25, -0.2) is 18.5 Å². The molecule has 1 aliphatic rings. The number of benzene rings is 1. The lowest BCUT2D eigenvalue weighted by atomic mass is 10.2. The van der Waals surface area contributed by atoms with Crippen LogP contribution in [0.2, 0.25) is 0 Å². The highest BCUT2D eigenvalue weighted by molar-refractivity contribution is 7.66. The van der Waals surface area contributed by atoms with Gasteiger partial charge in [0.05, 0.1) is 38.0 Å². The maximum absolute atomic E-state index is 12.8. The molecule has 3 rings (SSSR count). The van der Waals surface area contributed by atoms with E-state index in [4.69, 9.17) is 50.3 Å². The van der Waals surface area contributed by atoms with E-state index in [1.807, 2.05) is 0 Å². The summed E-state index contributed by atoms with van der Waals surface area (Å²) in [6.07, 6.45) is -3.07. The lowest BCUT2D eigenvalue weighted by Gasteiger charge is -2.21. The van der Waals surface area contributed by atoms with E-state index in [1.165, 1.54) is 13.0 Å². The number of rotatable bonds is 27. The Morgan fingerprint density at radius 1 is 1.11 bits per heavy atom. The number of phosphoric acid groups is 3. The number of aromatic nitrogens is 2. The number of nitrogens with one attached hydrogen (secondary N) is 2. The second kappa shape index (κ2) is 25.9. The second-order valence-electron chi connectivity index (χ2n) is 12.6. The first-order chi connectivity index (χ1) is 30.2. The average Bonchev–Trinajstić information content (AvgIpc) is 3.61. The number of Topliss-reactive ketones (excluding diaryl/α,β-unsaturated/α-hetero) is 1. The van der Waals surface area contributed by atoms with E-state index in [0.717, 1.165) is 10.8 Å². The van der Waals surface area contributed by atoms with Crippen LogP contribution in [0.1, 0.15) is 48.3 Å². The number of hydrogen-bond donors (Lipinski definition) is 7. The maximum Gasteiger partial charge on any atom is 0.490 e. The monoisotopic (exact) mass is 965 g/mol. The van der Waals surface area contributed by atoms with E-state index in [2.05, 4.69) is 60.7 Å². The first-order valence-corrected chi connectivity index (χ1v) is 22.7. The summed E-state index contributed by atoms with van der Waals surface area (Å²) in [5.74, 6) is 4.31. The summed E-state index contributed by atoms with van der Waals surface area (Å²) in [6.45, 7) is -0.822. The molecule has 64 heavy (non-hydrogen) atoms. The van der Waals surface area contributed by atoms with Crippen LogP contribution in [0.3, 0.4) is 0 Å². The number of nitrogens with two attached hydrogens (primary N) is 1. The van der Waals surface area contributed by atoms with Crippen molar-refractivity contribution in [2.24, 2.45) is 10.2 Å². The zero-order chi connectivity index (χ0) is 47.3. The Kier molecular flexibility index (Phi) is 21.5. The quantitative estimate of drug-likeness (QED) is 0.0166. The van der Waals surface area contributed by atoms with Crippen LogP contribution in [0, 0.1) is 11.8 Å². The van der Waals surface area contributed by atoms with Gasteiger partial charge in [-0.15, -0.1) is 0 Å². The minimum absolute atomic E-state index is 0.0108. The number of nitrogens with zero attached hydrogens (tertiary/aromatic N) is 8. The molecule has 6 atom stereocenters. The molecule has 1 fully saturated rings. The molecule has 2 aromatic rings. The minimum atomic E-state index is -5.83. The summed E-state index contributed by atoms with van der Waals surface area (Å²) in [4.78, 5) is 94.2. The molecule has 8 N–H and O–H groups in total. The summed E-state index contributed by atoms with van der Waals surface area (Å²) in [6, 6.07) is 6.24. The number of carbonyl (C=O) groups excluding carboxylic acids is 3. The molecule has 350 valence electrons. The molecular formula is C31H42N11O19P3. The van der Waals surface area contributed by atoms with E-state index in [0.29, 0.717) is 30.7 Å². The number of carbonyl (C=O) groups is 3. The van der Waals surface area contributed by atoms with E-state index < -0.39 is 79.7 Å². The zero-order valence-electron chi connectivity index (χ0n) is 33.4. The third-order valence-electron chi connectivity index (χ3n) is 7.73. The van der Waals surface area contributed by atoms with Crippen molar-refractivity contribution in [2.45, 2.75) is 50.8 Å². The SMILES string of the molecule is CC(=O)CCCNC(=O)c1cccc(OCC(N=[N+]=[N-])OCCOCC(=O)NCC#Cc2cn(C3C[C@H](OCN=[N+]=[N-])C(COP(=O)(O)OP(=O)(O)OP(=O)(O)O)O3)c(=O)nc2N)c1. The molecule has 1 aromatic carbocycles. The van der Waals surface area contributed by atoms with Crippen LogP contribution in [0.5, 0.6) is 5.75 Å². The molecule has 0 radical (unpaired) electrons. The first-order valence-electron chi connectivity index (χ1n) is 18.2. The molecule has 33 heteroatoms. The Morgan fingerprint density at radius 2 is 1.88 bits per heavy atom. The Labute approximate surface area is 361 Å². The third kappa shape index (κ3) is 20.1. The van der Waals surface area contributed by atoms with E-state index >= 15 is 0 Å². The fourth-order valence-corrected chi connectivity index (χ4v) is 8.09. The molecule has 1 aliphatic heterocycles. The number of azide groups is 2. The molecule has 30 nitrogen and oxygen atoms in total. The number of hydrogen-bond acceptors (Lipinski definition) is 19. The van der Waals surface area contributed by atoms with Crippen molar-refractivity contribution in [3.8, 4) is 17.6 Å². The topological polar surface area (TPSA) is 440 Å². The van der Waals surface area contributed by atoms with Gasteiger partial charge in [-0.05, 0) is 42.6 Å². The van der Waals surface area contributed by atoms with E-state index in [1.54, 1.807) is 18.2 Å². The lowest BCUT2D eigenvalue weighted by Crippen LogP contribution is -2.30. The van der Waals surface area contributed by atoms with Crippen LogP contribution in [0.15, 0.2) is 45.5 Å². The van der Waals surface area contributed by atoms with Gasteiger partial charge in [-0.2, -0.15) is 13.6 Å². The summed E-state index contributed by atoms with van der Waals surface area (Å²) >= 11 is 0. The van der Waals surface area contributed by atoms with Crippen molar-refractivity contribution in [2.75, 3.05) is 58.6 Å². The number of ether oxygens (including phenoxy) is 5. The van der Waals surface area contributed by atoms with Gasteiger partial charge in [0.2, 0.25) is 5.91 Å².